The summed E-state index contributed by atoms with van der Waals surface area (Å²) in [5.41, 5.74) is -0.460. The highest BCUT2D eigenvalue weighted by atomic mass is 16.6. The van der Waals surface area contributed by atoms with Gasteiger partial charge in [0.2, 0.25) is 0 Å². The van der Waals surface area contributed by atoms with Crippen LogP contribution in [0.2, 0.25) is 0 Å². The second-order valence-electron chi connectivity index (χ2n) is 3.60. The van der Waals surface area contributed by atoms with Crippen LogP contribution in [0, 0.1) is 11.3 Å². The lowest BCUT2D eigenvalue weighted by molar-refractivity contribution is -0.186. The van der Waals surface area contributed by atoms with Crippen molar-refractivity contribution in [2.75, 3.05) is 6.61 Å². The van der Waals surface area contributed by atoms with Crippen molar-refractivity contribution in [2.45, 2.75) is 18.6 Å². The zero-order valence-electron chi connectivity index (χ0n) is 8.68. The molecule has 0 saturated carbocycles. The number of esters is 1. The first-order valence-corrected chi connectivity index (χ1v) is 5.03. The van der Waals surface area contributed by atoms with Crippen LogP contribution in [-0.2, 0) is 20.9 Å². The summed E-state index contributed by atoms with van der Waals surface area (Å²) in [4.78, 5) is 11.6. The maximum atomic E-state index is 11.6. The van der Waals surface area contributed by atoms with Gasteiger partial charge < -0.3 is 9.47 Å². The van der Waals surface area contributed by atoms with Crippen LogP contribution in [0.3, 0.4) is 0 Å². The molecule has 1 aromatic rings. The van der Waals surface area contributed by atoms with Crippen LogP contribution in [-0.4, -0.2) is 18.2 Å². The summed E-state index contributed by atoms with van der Waals surface area (Å²) < 4.78 is 10.0. The Hall–Kier alpha value is -1.86. The second-order valence-corrected chi connectivity index (χ2v) is 3.60. The van der Waals surface area contributed by atoms with Crippen LogP contribution in [0.5, 0.6) is 0 Å². The first kappa shape index (κ1) is 10.7. The molecule has 0 bridgehead atoms. The fourth-order valence-electron chi connectivity index (χ4n) is 1.44. The Morgan fingerprint density at radius 1 is 1.50 bits per heavy atom. The van der Waals surface area contributed by atoms with Gasteiger partial charge in [-0.25, -0.2) is 4.79 Å². The lowest BCUT2D eigenvalue weighted by atomic mass is 9.97. The van der Waals surface area contributed by atoms with E-state index in [9.17, 15) is 4.79 Å². The molecular weight excluding hydrogens is 206 g/mol. The molecule has 0 N–H and O–H groups in total. The average molecular weight is 217 g/mol. The lowest BCUT2D eigenvalue weighted by Crippen LogP contribution is -2.50. The molecule has 1 fully saturated rings. The van der Waals surface area contributed by atoms with E-state index in [1.165, 1.54) is 0 Å². The fraction of sp³-hybridized carbons (Fsp3) is 0.333. The Morgan fingerprint density at radius 3 is 2.69 bits per heavy atom. The lowest BCUT2D eigenvalue weighted by Gasteiger charge is -2.32. The van der Waals surface area contributed by atoms with Crippen molar-refractivity contribution >= 4 is 5.97 Å². The molecule has 1 aliphatic heterocycles. The molecule has 0 aliphatic carbocycles. The van der Waals surface area contributed by atoms with E-state index >= 15 is 0 Å². The number of hydrogen-bond acceptors (Lipinski definition) is 4. The van der Waals surface area contributed by atoms with Crippen molar-refractivity contribution < 1.29 is 14.3 Å². The van der Waals surface area contributed by atoms with Crippen molar-refractivity contribution in [3.8, 4) is 6.07 Å². The number of benzene rings is 1. The molecule has 1 heterocycles. The SMILES string of the molecule is N#CC1(C(=O)OCc2ccccc2)CCO1. The molecule has 1 unspecified atom stereocenters. The zero-order chi connectivity index (χ0) is 11.4. The third kappa shape index (κ3) is 1.90. The van der Waals surface area contributed by atoms with Gasteiger partial charge in [0, 0.05) is 6.42 Å². The second kappa shape index (κ2) is 4.33. The van der Waals surface area contributed by atoms with E-state index in [4.69, 9.17) is 14.7 Å². The van der Waals surface area contributed by atoms with Gasteiger partial charge in [0.25, 0.3) is 5.60 Å². The summed E-state index contributed by atoms with van der Waals surface area (Å²) in [6, 6.07) is 11.2. The first-order valence-electron chi connectivity index (χ1n) is 5.03. The van der Waals surface area contributed by atoms with E-state index in [0.717, 1.165) is 5.56 Å². The Bertz CT molecular complexity index is 418. The number of rotatable bonds is 3. The van der Waals surface area contributed by atoms with Gasteiger partial charge in [-0.15, -0.1) is 0 Å². The van der Waals surface area contributed by atoms with E-state index in [1.807, 2.05) is 36.4 Å². The van der Waals surface area contributed by atoms with Gasteiger partial charge in [0.05, 0.1) is 6.61 Å². The van der Waals surface area contributed by atoms with Crippen LogP contribution >= 0.6 is 0 Å². The maximum Gasteiger partial charge on any atom is 0.353 e. The third-order valence-corrected chi connectivity index (χ3v) is 2.53. The van der Waals surface area contributed by atoms with Crippen LogP contribution in [0.25, 0.3) is 0 Å². The fourth-order valence-corrected chi connectivity index (χ4v) is 1.44. The van der Waals surface area contributed by atoms with Crippen LogP contribution in [0.4, 0.5) is 0 Å². The van der Waals surface area contributed by atoms with Crippen molar-refractivity contribution in [3.05, 3.63) is 35.9 Å². The van der Waals surface area contributed by atoms with E-state index in [2.05, 4.69) is 0 Å². The largest absolute Gasteiger partial charge is 0.458 e. The molecular formula is C12H11NO3. The Kier molecular flexibility index (Phi) is 2.88. The van der Waals surface area contributed by atoms with Crippen LogP contribution in [0.1, 0.15) is 12.0 Å². The van der Waals surface area contributed by atoms with Gasteiger partial charge in [-0.2, -0.15) is 5.26 Å². The molecule has 82 valence electrons. The minimum Gasteiger partial charge on any atom is -0.458 e. The number of nitrogens with zero attached hydrogens (tertiary/aromatic N) is 1. The quantitative estimate of drug-likeness (QED) is 0.718. The van der Waals surface area contributed by atoms with Gasteiger partial charge in [-0.3, -0.25) is 0 Å². The highest BCUT2D eigenvalue weighted by Crippen LogP contribution is 2.27. The predicted molar refractivity (Wildman–Crippen MR) is 55.2 cm³/mol. The topological polar surface area (TPSA) is 59.3 Å². The number of ether oxygens (including phenoxy) is 2. The molecule has 1 atom stereocenters. The van der Waals surface area contributed by atoms with Crippen molar-refractivity contribution in [1.29, 1.82) is 5.26 Å². The van der Waals surface area contributed by atoms with Crippen molar-refractivity contribution in [3.63, 3.8) is 0 Å². The normalized spacial score (nSPS) is 22.9. The molecule has 16 heavy (non-hydrogen) atoms. The Morgan fingerprint density at radius 2 is 2.19 bits per heavy atom. The summed E-state index contributed by atoms with van der Waals surface area (Å²) in [7, 11) is 0. The van der Waals surface area contributed by atoms with Gasteiger partial charge in [-0.1, -0.05) is 30.3 Å². The maximum absolute atomic E-state index is 11.6. The molecule has 4 nitrogen and oxygen atoms in total. The molecule has 0 aromatic heterocycles. The zero-order valence-corrected chi connectivity index (χ0v) is 8.68. The summed E-state index contributed by atoms with van der Waals surface area (Å²) in [6.07, 6.45) is 0.414. The summed E-state index contributed by atoms with van der Waals surface area (Å²) >= 11 is 0. The van der Waals surface area contributed by atoms with Gasteiger partial charge in [0.15, 0.2) is 0 Å². The average Bonchev–Trinajstić information content (AvgIpc) is 2.27. The minimum atomic E-state index is -1.35. The summed E-state index contributed by atoms with van der Waals surface area (Å²) in [5, 5.41) is 8.83. The number of carbonyl (C=O) groups excluding carboxylic acids is 1. The number of hydrogen-bond donors (Lipinski definition) is 0. The predicted octanol–water partition coefficient (Wildman–Crippen LogP) is 1.41. The van der Waals surface area contributed by atoms with Gasteiger partial charge >= 0.3 is 5.97 Å². The molecule has 4 heteroatoms. The molecule has 2 rings (SSSR count). The molecule has 0 amide bonds. The monoisotopic (exact) mass is 217 g/mol. The first-order chi connectivity index (χ1) is 7.77. The number of nitriles is 1. The highest BCUT2D eigenvalue weighted by Gasteiger charge is 2.48. The van der Waals surface area contributed by atoms with Gasteiger partial charge in [0.1, 0.15) is 12.7 Å². The Balaban J connectivity index is 1.92. The van der Waals surface area contributed by atoms with Crippen LogP contribution in [0.15, 0.2) is 30.3 Å². The smallest absolute Gasteiger partial charge is 0.353 e. The summed E-state index contributed by atoms with van der Waals surface area (Å²) in [6.45, 7) is 0.612. The number of carbonyl (C=O) groups is 1. The van der Waals surface area contributed by atoms with E-state index in [0.29, 0.717) is 13.0 Å². The molecule has 0 radical (unpaired) electrons. The summed E-state index contributed by atoms with van der Waals surface area (Å²) in [5.74, 6) is -0.592. The van der Waals surface area contributed by atoms with E-state index in [1.54, 1.807) is 0 Å². The van der Waals surface area contributed by atoms with E-state index < -0.39 is 11.6 Å². The minimum absolute atomic E-state index is 0.173. The third-order valence-electron chi connectivity index (χ3n) is 2.53. The van der Waals surface area contributed by atoms with E-state index in [-0.39, 0.29) is 6.61 Å². The Labute approximate surface area is 93.4 Å². The molecule has 1 saturated heterocycles. The van der Waals surface area contributed by atoms with Crippen molar-refractivity contribution in [2.24, 2.45) is 0 Å². The van der Waals surface area contributed by atoms with Gasteiger partial charge in [-0.05, 0) is 5.56 Å². The van der Waals surface area contributed by atoms with Crippen LogP contribution < -0.4 is 0 Å². The molecule has 1 aliphatic rings. The highest BCUT2D eigenvalue weighted by molar-refractivity contribution is 5.84. The molecule has 0 spiro atoms. The molecule has 1 aromatic carbocycles. The van der Waals surface area contributed by atoms with Crippen molar-refractivity contribution in [1.82, 2.24) is 0 Å². The standard InChI is InChI=1S/C12H11NO3/c13-9-12(6-7-16-12)11(14)15-8-10-4-2-1-3-5-10/h1-5H,6-8H2.